The highest BCUT2D eigenvalue weighted by atomic mass is 16.5. The largest absolute Gasteiger partial charge is 0.496 e. The van der Waals surface area contributed by atoms with Crippen molar-refractivity contribution in [2.75, 3.05) is 34.4 Å². The van der Waals surface area contributed by atoms with Gasteiger partial charge in [-0.3, -0.25) is 4.90 Å². The molecule has 0 aromatic heterocycles. The number of aliphatic hydroxyl groups is 1. The van der Waals surface area contributed by atoms with Crippen LogP contribution in [0.1, 0.15) is 30.0 Å². The molecule has 5 nitrogen and oxygen atoms in total. The van der Waals surface area contributed by atoms with Crippen molar-refractivity contribution in [2.24, 2.45) is 0 Å². The van der Waals surface area contributed by atoms with Gasteiger partial charge in [-0.2, -0.15) is 0 Å². The number of nitrogens with one attached hydrogen (secondary N) is 1. The van der Waals surface area contributed by atoms with E-state index in [1.165, 1.54) is 11.1 Å². The minimum atomic E-state index is 0.210. The first-order valence-electron chi connectivity index (χ1n) is 7.89. The van der Waals surface area contributed by atoms with Gasteiger partial charge in [-0.1, -0.05) is 0 Å². The van der Waals surface area contributed by atoms with Gasteiger partial charge in [-0.05, 0) is 39.4 Å². The van der Waals surface area contributed by atoms with Gasteiger partial charge in [0.1, 0.15) is 11.5 Å². The molecule has 1 heterocycles. The van der Waals surface area contributed by atoms with E-state index in [-0.39, 0.29) is 6.61 Å². The lowest BCUT2D eigenvalue weighted by Crippen LogP contribution is -2.35. The monoisotopic (exact) mass is 308 g/mol. The number of hydrogen-bond donors (Lipinski definition) is 2. The molecule has 0 saturated heterocycles. The summed E-state index contributed by atoms with van der Waals surface area (Å²) in [4.78, 5) is 2.34. The van der Waals surface area contributed by atoms with E-state index in [2.05, 4.69) is 30.3 Å². The highest BCUT2D eigenvalue weighted by Gasteiger charge is 2.27. The van der Waals surface area contributed by atoms with E-state index in [0.29, 0.717) is 6.04 Å². The molecule has 1 unspecified atom stereocenters. The molecule has 0 fully saturated rings. The van der Waals surface area contributed by atoms with E-state index in [9.17, 15) is 0 Å². The number of fused-ring (bicyclic) bond motifs is 1. The van der Waals surface area contributed by atoms with Crippen molar-refractivity contribution in [3.63, 3.8) is 0 Å². The van der Waals surface area contributed by atoms with Crippen molar-refractivity contribution in [3.8, 4) is 11.5 Å². The first-order chi connectivity index (χ1) is 10.6. The van der Waals surface area contributed by atoms with Crippen molar-refractivity contribution in [2.45, 2.75) is 38.9 Å². The second-order valence-corrected chi connectivity index (χ2v) is 5.95. The molecule has 0 bridgehead atoms. The van der Waals surface area contributed by atoms with Crippen LogP contribution in [-0.2, 0) is 19.5 Å². The second kappa shape index (κ2) is 7.81. The molecule has 2 N–H and O–H groups in total. The zero-order valence-electron chi connectivity index (χ0n) is 14.1. The van der Waals surface area contributed by atoms with Crippen molar-refractivity contribution >= 4 is 0 Å². The molecule has 0 amide bonds. The zero-order valence-corrected chi connectivity index (χ0v) is 14.1. The van der Waals surface area contributed by atoms with E-state index in [1.807, 2.05) is 0 Å². The number of methoxy groups -OCH3 is 2. The molecule has 0 aliphatic carbocycles. The number of aliphatic hydroxyl groups excluding tert-OH is 1. The maximum absolute atomic E-state index is 8.87. The van der Waals surface area contributed by atoms with Gasteiger partial charge in [0.15, 0.2) is 0 Å². The second-order valence-electron chi connectivity index (χ2n) is 5.95. The molecule has 1 aromatic rings. The summed E-state index contributed by atoms with van der Waals surface area (Å²) in [6, 6.07) is 2.57. The molecular formula is C17H28N2O3. The summed E-state index contributed by atoms with van der Waals surface area (Å²) in [6.07, 6.45) is 1.72. The minimum Gasteiger partial charge on any atom is -0.496 e. The van der Waals surface area contributed by atoms with Crippen molar-refractivity contribution < 1.29 is 14.6 Å². The third-order valence-corrected chi connectivity index (χ3v) is 4.44. The number of ether oxygens (including phenoxy) is 2. The molecule has 1 aromatic carbocycles. The first kappa shape index (κ1) is 17.1. The molecule has 22 heavy (non-hydrogen) atoms. The molecule has 124 valence electrons. The summed E-state index contributed by atoms with van der Waals surface area (Å²) in [6.45, 7) is 4.84. The van der Waals surface area contributed by atoms with Crippen LogP contribution in [0, 0.1) is 0 Å². The van der Waals surface area contributed by atoms with Gasteiger partial charge >= 0.3 is 0 Å². The van der Waals surface area contributed by atoms with Crippen LogP contribution in [0.4, 0.5) is 0 Å². The average molecular weight is 308 g/mol. The molecule has 2 rings (SSSR count). The average Bonchev–Trinajstić information content (AvgIpc) is 2.52. The van der Waals surface area contributed by atoms with Crippen LogP contribution < -0.4 is 14.8 Å². The Bertz CT molecular complexity index is 505. The molecule has 0 radical (unpaired) electrons. The standard InChI is InChI=1S/C17H28N2O3/c1-12-8-14-15(11-19(12)2)16(21-3)9-13(17(14)22-4)10-18-6-5-7-20/h9,12,18,20H,5-8,10-11H2,1-4H3. The summed E-state index contributed by atoms with van der Waals surface area (Å²) in [5.74, 6) is 1.92. The molecule has 1 atom stereocenters. The number of nitrogens with zero attached hydrogens (tertiary/aromatic N) is 1. The topological polar surface area (TPSA) is 54.0 Å². The Morgan fingerprint density at radius 1 is 1.32 bits per heavy atom. The van der Waals surface area contributed by atoms with Crippen LogP contribution in [0.3, 0.4) is 0 Å². The van der Waals surface area contributed by atoms with Gasteiger partial charge in [0.05, 0.1) is 14.2 Å². The summed E-state index contributed by atoms with van der Waals surface area (Å²) >= 11 is 0. The third kappa shape index (κ3) is 3.54. The molecule has 0 spiro atoms. The fourth-order valence-electron chi connectivity index (χ4n) is 3.03. The van der Waals surface area contributed by atoms with Gasteiger partial charge < -0.3 is 19.9 Å². The molecule has 0 saturated carbocycles. The van der Waals surface area contributed by atoms with Crippen LogP contribution in [0.25, 0.3) is 0 Å². The van der Waals surface area contributed by atoms with E-state index < -0.39 is 0 Å². The Kier molecular flexibility index (Phi) is 6.06. The Morgan fingerprint density at radius 3 is 2.73 bits per heavy atom. The Labute approximate surface area is 133 Å². The summed E-state index contributed by atoms with van der Waals surface area (Å²) < 4.78 is 11.3. The summed E-state index contributed by atoms with van der Waals surface area (Å²) in [5, 5.41) is 12.2. The quantitative estimate of drug-likeness (QED) is 0.749. The van der Waals surface area contributed by atoms with Crippen molar-refractivity contribution in [1.29, 1.82) is 0 Å². The summed E-state index contributed by atoms with van der Waals surface area (Å²) in [7, 11) is 5.61. The van der Waals surface area contributed by atoms with E-state index in [4.69, 9.17) is 14.6 Å². The highest BCUT2D eigenvalue weighted by Crippen LogP contribution is 2.39. The van der Waals surface area contributed by atoms with Crippen molar-refractivity contribution in [1.82, 2.24) is 10.2 Å². The number of hydrogen-bond acceptors (Lipinski definition) is 5. The van der Waals surface area contributed by atoms with Gasteiger partial charge in [-0.25, -0.2) is 0 Å². The van der Waals surface area contributed by atoms with Gasteiger partial charge in [0.2, 0.25) is 0 Å². The van der Waals surface area contributed by atoms with Crippen LogP contribution in [-0.4, -0.2) is 50.5 Å². The van der Waals surface area contributed by atoms with Crippen LogP contribution in [0.5, 0.6) is 11.5 Å². The SMILES string of the molecule is COc1cc(CNCCCO)c(OC)c2c1CN(C)C(C)C2. The lowest BCUT2D eigenvalue weighted by atomic mass is 9.91. The fraction of sp³-hybridized carbons (Fsp3) is 0.647. The maximum Gasteiger partial charge on any atom is 0.127 e. The normalized spacial score (nSPS) is 18.1. The maximum atomic E-state index is 8.87. The minimum absolute atomic E-state index is 0.210. The number of likely N-dealkylation sites (N-methyl/N-ethyl adjacent to an activating group) is 1. The van der Waals surface area contributed by atoms with Crippen LogP contribution >= 0.6 is 0 Å². The third-order valence-electron chi connectivity index (χ3n) is 4.44. The van der Waals surface area contributed by atoms with Crippen molar-refractivity contribution in [3.05, 3.63) is 22.8 Å². The molecule has 1 aliphatic heterocycles. The Hall–Kier alpha value is -1.30. The fourth-order valence-corrected chi connectivity index (χ4v) is 3.03. The predicted molar refractivity (Wildman–Crippen MR) is 87.6 cm³/mol. The lowest BCUT2D eigenvalue weighted by Gasteiger charge is -2.34. The molecular weight excluding hydrogens is 280 g/mol. The van der Waals surface area contributed by atoms with E-state index >= 15 is 0 Å². The van der Waals surface area contributed by atoms with Crippen LogP contribution in [0.2, 0.25) is 0 Å². The predicted octanol–water partition coefficient (Wildman–Crippen LogP) is 1.55. The van der Waals surface area contributed by atoms with E-state index in [1.54, 1.807) is 14.2 Å². The lowest BCUT2D eigenvalue weighted by molar-refractivity contribution is 0.222. The Balaban J connectivity index is 2.32. The van der Waals surface area contributed by atoms with Gasteiger partial charge in [-0.15, -0.1) is 0 Å². The number of rotatable bonds is 7. The molecule has 1 aliphatic rings. The van der Waals surface area contributed by atoms with Crippen LogP contribution in [0.15, 0.2) is 6.07 Å². The van der Waals surface area contributed by atoms with E-state index in [0.717, 1.165) is 49.5 Å². The highest BCUT2D eigenvalue weighted by molar-refractivity contribution is 5.55. The first-order valence-corrected chi connectivity index (χ1v) is 7.89. The van der Waals surface area contributed by atoms with Gasteiger partial charge in [0, 0.05) is 42.4 Å². The Morgan fingerprint density at radius 2 is 2.09 bits per heavy atom. The number of benzene rings is 1. The smallest absolute Gasteiger partial charge is 0.127 e. The molecule has 5 heteroatoms. The summed E-state index contributed by atoms with van der Waals surface area (Å²) in [5.41, 5.74) is 3.62. The zero-order chi connectivity index (χ0) is 16.1. The van der Waals surface area contributed by atoms with Gasteiger partial charge in [0.25, 0.3) is 0 Å².